The summed E-state index contributed by atoms with van der Waals surface area (Å²) in [5.74, 6) is -0.272. The Morgan fingerprint density at radius 1 is 1.24 bits per heavy atom. The molecule has 3 N–H and O–H groups in total. The maximum absolute atomic E-state index is 12.5. The quantitative estimate of drug-likeness (QED) is 0.873. The van der Waals surface area contributed by atoms with Crippen molar-refractivity contribution < 1.29 is 4.79 Å². The van der Waals surface area contributed by atoms with Gasteiger partial charge in [-0.15, -0.1) is 0 Å². The van der Waals surface area contributed by atoms with Crippen molar-refractivity contribution in [2.45, 2.75) is 20.0 Å². The molecule has 0 atom stereocenters. The molecular weight excluding hydrogens is 266 g/mol. The number of hydrogen-bond donors (Lipinski definition) is 2. The monoisotopic (exact) mass is 285 g/mol. The van der Waals surface area contributed by atoms with Gasteiger partial charge in [0.2, 0.25) is 0 Å². The number of aromatic nitrogens is 1. The summed E-state index contributed by atoms with van der Waals surface area (Å²) in [6.45, 7) is 3.27. The zero-order chi connectivity index (χ0) is 15.2. The van der Waals surface area contributed by atoms with Gasteiger partial charge in [-0.3, -0.25) is 9.59 Å². The zero-order valence-corrected chi connectivity index (χ0v) is 12.0. The van der Waals surface area contributed by atoms with Crippen molar-refractivity contribution in [2.24, 2.45) is 5.73 Å². The van der Waals surface area contributed by atoms with Crippen molar-refractivity contribution in [2.75, 3.05) is 6.54 Å². The number of benzene rings is 1. The third kappa shape index (κ3) is 3.38. The first-order chi connectivity index (χ1) is 10.2. The smallest absolute Gasteiger partial charge is 0.259 e. The van der Waals surface area contributed by atoms with Crippen LogP contribution < -0.4 is 11.2 Å². The van der Waals surface area contributed by atoms with E-state index in [2.05, 4.69) is 4.98 Å². The molecule has 5 heteroatoms. The third-order valence-corrected chi connectivity index (χ3v) is 3.42. The molecule has 5 nitrogen and oxygen atoms in total. The van der Waals surface area contributed by atoms with Gasteiger partial charge in [0.15, 0.2) is 5.43 Å². The van der Waals surface area contributed by atoms with Crippen LogP contribution in [0.4, 0.5) is 0 Å². The van der Waals surface area contributed by atoms with Crippen molar-refractivity contribution in [3.8, 4) is 0 Å². The number of aromatic amines is 1. The summed E-state index contributed by atoms with van der Waals surface area (Å²) in [7, 11) is 0. The molecule has 0 aliphatic heterocycles. The summed E-state index contributed by atoms with van der Waals surface area (Å²) in [6, 6.07) is 9.10. The molecule has 110 valence electrons. The van der Waals surface area contributed by atoms with Crippen LogP contribution in [-0.2, 0) is 13.1 Å². The van der Waals surface area contributed by atoms with E-state index in [1.807, 2.05) is 31.2 Å². The average molecular weight is 285 g/mol. The van der Waals surface area contributed by atoms with Gasteiger partial charge >= 0.3 is 0 Å². The molecule has 1 aromatic heterocycles. The lowest BCUT2D eigenvalue weighted by atomic mass is 10.1. The second kappa shape index (κ2) is 6.85. The number of nitrogens with one attached hydrogen (secondary N) is 1. The molecule has 1 aromatic carbocycles. The van der Waals surface area contributed by atoms with E-state index in [0.717, 1.165) is 11.1 Å². The first-order valence-electron chi connectivity index (χ1n) is 6.90. The fourth-order valence-corrected chi connectivity index (χ4v) is 2.20. The fraction of sp³-hybridized carbons (Fsp3) is 0.250. The Bertz CT molecular complexity index is 679. The lowest BCUT2D eigenvalue weighted by Crippen LogP contribution is -2.34. The minimum atomic E-state index is -0.274. The highest BCUT2D eigenvalue weighted by Crippen LogP contribution is 2.12. The van der Waals surface area contributed by atoms with Gasteiger partial charge in [-0.1, -0.05) is 24.3 Å². The standard InChI is InChI=1S/C16H19N3O2/c1-2-19(11-13-6-4-3-5-12(13)9-17)16(21)14-10-18-8-7-15(14)20/h3-8,10H,2,9,11,17H2,1H3,(H,18,20). The summed E-state index contributed by atoms with van der Waals surface area (Å²) in [6.07, 6.45) is 2.96. The number of carbonyl (C=O) groups excluding carboxylic acids is 1. The molecule has 0 bridgehead atoms. The van der Waals surface area contributed by atoms with E-state index in [-0.39, 0.29) is 16.9 Å². The van der Waals surface area contributed by atoms with Crippen LogP contribution in [0.15, 0.2) is 47.5 Å². The highest BCUT2D eigenvalue weighted by Gasteiger charge is 2.18. The molecule has 0 aliphatic carbocycles. The molecule has 0 spiro atoms. The first-order valence-corrected chi connectivity index (χ1v) is 6.90. The summed E-state index contributed by atoms with van der Waals surface area (Å²) in [4.78, 5) is 28.7. The first kappa shape index (κ1) is 15.0. The van der Waals surface area contributed by atoms with E-state index < -0.39 is 0 Å². The SMILES string of the molecule is CCN(Cc1ccccc1CN)C(=O)c1c[nH]ccc1=O. The number of nitrogens with two attached hydrogens (primary N) is 1. The predicted molar refractivity (Wildman–Crippen MR) is 81.8 cm³/mol. The Hall–Kier alpha value is -2.40. The highest BCUT2D eigenvalue weighted by molar-refractivity contribution is 5.93. The minimum Gasteiger partial charge on any atom is -0.367 e. The number of rotatable bonds is 5. The van der Waals surface area contributed by atoms with E-state index in [0.29, 0.717) is 19.6 Å². The predicted octanol–water partition coefficient (Wildman–Crippen LogP) is 1.50. The average Bonchev–Trinajstić information content (AvgIpc) is 2.52. The fourth-order valence-electron chi connectivity index (χ4n) is 2.20. The molecule has 0 aliphatic rings. The van der Waals surface area contributed by atoms with Crippen LogP contribution >= 0.6 is 0 Å². The van der Waals surface area contributed by atoms with Crippen molar-refractivity contribution in [3.05, 3.63) is 69.6 Å². The van der Waals surface area contributed by atoms with Crippen molar-refractivity contribution in [3.63, 3.8) is 0 Å². The maximum atomic E-state index is 12.5. The Labute approximate surface area is 123 Å². The summed E-state index contributed by atoms with van der Waals surface area (Å²) < 4.78 is 0. The van der Waals surface area contributed by atoms with Gasteiger partial charge < -0.3 is 15.6 Å². The van der Waals surface area contributed by atoms with Crippen molar-refractivity contribution in [1.82, 2.24) is 9.88 Å². The molecule has 2 rings (SSSR count). The van der Waals surface area contributed by atoms with Crippen LogP contribution in [0.25, 0.3) is 0 Å². The van der Waals surface area contributed by atoms with Gasteiger partial charge in [0.1, 0.15) is 5.56 Å². The molecule has 0 fully saturated rings. The van der Waals surface area contributed by atoms with Gasteiger partial charge in [0, 0.05) is 38.1 Å². The molecule has 0 saturated heterocycles. The number of nitrogens with zero attached hydrogens (tertiary/aromatic N) is 1. The molecule has 0 radical (unpaired) electrons. The summed E-state index contributed by atoms with van der Waals surface area (Å²) >= 11 is 0. The van der Waals surface area contributed by atoms with Crippen LogP contribution in [0, 0.1) is 0 Å². The van der Waals surface area contributed by atoms with Gasteiger partial charge in [-0.05, 0) is 18.1 Å². The van der Waals surface area contributed by atoms with Crippen molar-refractivity contribution in [1.29, 1.82) is 0 Å². The molecule has 0 saturated carbocycles. The highest BCUT2D eigenvalue weighted by atomic mass is 16.2. The number of carbonyl (C=O) groups is 1. The Kier molecular flexibility index (Phi) is 4.90. The van der Waals surface area contributed by atoms with Gasteiger partial charge in [-0.25, -0.2) is 0 Å². The molecule has 2 aromatic rings. The normalized spacial score (nSPS) is 10.4. The molecular formula is C16H19N3O2. The Balaban J connectivity index is 2.26. The van der Waals surface area contributed by atoms with Crippen LogP contribution in [0.5, 0.6) is 0 Å². The number of hydrogen-bond acceptors (Lipinski definition) is 3. The molecule has 1 heterocycles. The zero-order valence-electron chi connectivity index (χ0n) is 12.0. The van der Waals surface area contributed by atoms with Crippen LogP contribution in [0.3, 0.4) is 0 Å². The van der Waals surface area contributed by atoms with Gasteiger partial charge in [0.05, 0.1) is 0 Å². The Morgan fingerprint density at radius 2 is 1.95 bits per heavy atom. The van der Waals surface area contributed by atoms with E-state index in [1.54, 1.807) is 4.90 Å². The summed E-state index contributed by atoms with van der Waals surface area (Å²) in [5, 5.41) is 0. The Morgan fingerprint density at radius 3 is 2.57 bits per heavy atom. The largest absolute Gasteiger partial charge is 0.367 e. The molecule has 0 unspecified atom stereocenters. The third-order valence-electron chi connectivity index (χ3n) is 3.42. The van der Waals surface area contributed by atoms with E-state index >= 15 is 0 Å². The van der Waals surface area contributed by atoms with Gasteiger partial charge in [0.25, 0.3) is 5.91 Å². The van der Waals surface area contributed by atoms with E-state index in [9.17, 15) is 9.59 Å². The van der Waals surface area contributed by atoms with Crippen LogP contribution in [-0.4, -0.2) is 22.3 Å². The number of H-pyrrole nitrogens is 1. The number of pyridine rings is 1. The van der Waals surface area contributed by atoms with Crippen LogP contribution in [0.2, 0.25) is 0 Å². The lowest BCUT2D eigenvalue weighted by molar-refractivity contribution is 0.0750. The molecule has 1 amide bonds. The molecule has 21 heavy (non-hydrogen) atoms. The number of amides is 1. The van der Waals surface area contributed by atoms with Crippen molar-refractivity contribution >= 4 is 5.91 Å². The second-order valence-electron chi connectivity index (χ2n) is 4.71. The van der Waals surface area contributed by atoms with Gasteiger partial charge in [-0.2, -0.15) is 0 Å². The minimum absolute atomic E-state index is 0.157. The van der Waals surface area contributed by atoms with E-state index in [1.165, 1.54) is 18.5 Å². The maximum Gasteiger partial charge on any atom is 0.259 e. The van der Waals surface area contributed by atoms with Crippen LogP contribution in [0.1, 0.15) is 28.4 Å². The summed E-state index contributed by atoms with van der Waals surface area (Å²) in [5.41, 5.74) is 7.61. The topological polar surface area (TPSA) is 79.2 Å². The lowest BCUT2D eigenvalue weighted by Gasteiger charge is -2.22. The second-order valence-corrected chi connectivity index (χ2v) is 4.71. The van der Waals surface area contributed by atoms with E-state index in [4.69, 9.17) is 5.73 Å².